The lowest BCUT2D eigenvalue weighted by molar-refractivity contribution is -0.384. The number of hydrogen-bond donors (Lipinski definition) is 2. The van der Waals surface area contributed by atoms with Crippen LogP contribution in [0.15, 0.2) is 18.2 Å². The number of nitro benzene ring substituents is 1. The highest BCUT2D eigenvalue weighted by atomic mass is 16.6. The Morgan fingerprint density at radius 3 is 2.92 bits per heavy atom. The molecule has 0 bridgehead atoms. The van der Waals surface area contributed by atoms with Crippen molar-refractivity contribution in [3.8, 4) is 0 Å². The zero-order chi connectivity index (χ0) is 18.9. The van der Waals surface area contributed by atoms with Crippen molar-refractivity contribution >= 4 is 28.8 Å². The fourth-order valence-corrected chi connectivity index (χ4v) is 2.96. The summed E-state index contributed by atoms with van der Waals surface area (Å²) in [5.74, 6) is 0.538. The van der Waals surface area contributed by atoms with Crippen LogP contribution in [0.5, 0.6) is 0 Å². The zero-order valence-electron chi connectivity index (χ0n) is 15.1. The number of nitrogens with one attached hydrogen (secondary N) is 2. The van der Waals surface area contributed by atoms with Gasteiger partial charge < -0.3 is 19.9 Å². The number of carbonyl (C=O) groups is 1. The molecule has 26 heavy (non-hydrogen) atoms. The first kappa shape index (κ1) is 18.0. The van der Waals surface area contributed by atoms with Crippen molar-refractivity contribution in [2.24, 2.45) is 0 Å². The lowest BCUT2D eigenvalue weighted by Crippen LogP contribution is -2.47. The molecule has 140 valence electrons. The smallest absolute Gasteiger partial charge is 0.410 e. The Kier molecular flexibility index (Phi) is 4.71. The number of carbonyl (C=O) groups excluding carboxylic acids is 1. The summed E-state index contributed by atoms with van der Waals surface area (Å²) in [5.41, 5.74) is 0.742. The van der Waals surface area contributed by atoms with Crippen LogP contribution in [0.2, 0.25) is 0 Å². The highest BCUT2D eigenvalue weighted by Crippen LogP contribution is 2.22. The van der Waals surface area contributed by atoms with Gasteiger partial charge in [-0.15, -0.1) is 0 Å². The van der Waals surface area contributed by atoms with Gasteiger partial charge in [-0.1, -0.05) is 0 Å². The lowest BCUT2D eigenvalue weighted by Gasteiger charge is -2.34. The Balaban J connectivity index is 1.67. The number of benzene rings is 1. The highest BCUT2D eigenvalue weighted by Gasteiger charge is 2.28. The maximum Gasteiger partial charge on any atom is 0.410 e. The Bertz CT molecular complexity index is 826. The number of H-pyrrole nitrogens is 1. The first-order valence-corrected chi connectivity index (χ1v) is 8.60. The van der Waals surface area contributed by atoms with Crippen LogP contribution >= 0.6 is 0 Å². The third kappa shape index (κ3) is 4.22. The number of ether oxygens (including phenoxy) is 1. The number of non-ortho nitro benzene ring substituents is 1. The van der Waals surface area contributed by atoms with Crippen molar-refractivity contribution in [3.63, 3.8) is 0 Å². The molecule has 0 unspecified atom stereocenters. The van der Waals surface area contributed by atoms with Crippen LogP contribution in [0, 0.1) is 10.1 Å². The average Bonchev–Trinajstić information content (AvgIpc) is 2.94. The third-order valence-electron chi connectivity index (χ3n) is 4.09. The molecule has 0 saturated carbocycles. The van der Waals surface area contributed by atoms with Crippen molar-refractivity contribution in [1.82, 2.24) is 14.9 Å². The minimum Gasteiger partial charge on any atom is -0.444 e. The standard InChI is InChI=1S/C17H23N5O4/c1-17(2,3)26-16(23)21-8-4-5-11(10-21)18-15-19-13-7-6-12(22(24)25)9-14(13)20-15/h6-7,9,11H,4-5,8,10H2,1-3H3,(H2,18,19,20)/t11-/m0/s1. The second kappa shape index (κ2) is 6.81. The first-order valence-electron chi connectivity index (χ1n) is 8.60. The van der Waals surface area contributed by atoms with Crippen LogP contribution in [0.1, 0.15) is 33.6 Å². The van der Waals surface area contributed by atoms with Crippen LogP contribution in [0.4, 0.5) is 16.4 Å². The molecular formula is C17H23N5O4. The summed E-state index contributed by atoms with van der Waals surface area (Å²) >= 11 is 0. The largest absolute Gasteiger partial charge is 0.444 e. The number of imidazole rings is 1. The van der Waals surface area contributed by atoms with Crippen molar-refractivity contribution in [2.45, 2.75) is 45.3 Å². The van der Waals surface area contributed by atoms with Crippen molar-refractivity contribution in [3.05, 3.63) is 28.3 Å². The van der Waals surface area contributed by atoms with E-state index in [2.05, 4.69) is 15.3 Å². The molecule has 1 saturated heterocycles. The number of likely N-dealkylation sites (tertiary alicyclic amines) is 1. The van der Waals surface area contributed by atoms with Gasteiger partial charge in [0.05, 0.1) is 16.0 Å². The molecular weight excluding hydrogens is 338 g/mol. The van der Waals surface area contributed by atoms with E-state index in [9.17, 15) is 14.9 Å². The van der Waals surface area contributed by atoms with Gasteiger partial charge in [0.15, 0.2) is 0 Å². The van der Waals surface area contributed by atoms with Crippen LogP contribution in [-0.2, 0) is 4.74 Å². The number of anilines is 1. The fraction of sp³-hybridized carbons (Fsp3) is 0.529. The number of piperidine rings is 1. The number of aromatic amines is 1. The first-order chi connectivity index (χ1) is 12.2. The molecule has 1 aromatic heterocycles. The number of hydrogen-bond acceptors (Lipinski definition) is 6. The van der Waals surface area contributed by atoms with Gasteiger partial charge in [-0.2, -0.15) is 0 Å². The number of fused-ring (bicyclic) bond motifs is 1. The summed E-state index contributed by atoms with van der Waals surface area (Å²) < 4.78 is 5.43. The molecule has 1 aliphatic heterocycles. The second-order valence-corrected chi connectivity index (χ2v) is 7.45. The molecule has 0 spiro atoms. The zero-order valence-corrected chi connectivity index (χ0v) is 15.1. The van der Waals surface area contributed by atoms with E-state index >= 15 is 0 Å². The molecule has 2 heterocycles. The molecule has 9 heteroatoms. The van der Waals surface area contributed by atoms with Crippen LogP contribution in [-0.4, -0.2) is 50.6 Å². The van der Waals surface area contributed by atoms with E-state index in [1.165, 1.54) is 12.1 Å². The predicted molar refractivity (Wildman–Crippen MR) is 97.2 cm³/mol. The summed E-state index contributed by atoms with van der Waals surface area (Å²) in [7, 11) is 0. The van der Waals surface area contributed by atoms with Crippen LogP contribution in [0.25, 0.3) is 11.0 Å². The van der Waals surface area contributed by atoms with Gasteiger partial charge >= 0.3 is 6.09 Å². The molecule has 0 radical (unpaired) electrons. The van der Waals surface area contributed by atoms with E-state index in [0.29, 0.717) is 30.1 Å². The Hall–Kier alpha value is -2.84. The lowest BCUT2D eigenvalue weighted by atomic mass is 10.1. The molecule has 1 amide bonds. The monoisotopic (exact) mass is 361 g/mol. The topological polar surface area (TPSA) is 113 Å². The minimum absolute atomic E-state index is 0.0152. The number of rotatable bonds is 3. The number of nitrogens with zero attached hydrogens (tertiary/aromatic N) is 3. The molecule has 1 fully saturated rings. The van der Waals surface area contributed by atoms with E-state index in [0.717, 1.165) is 12.8 Å². The van der Waals surface area contributed by atoms with Crippen LogP contribution in [0.3, 0.4) is 0 Å². The summed E-state index contributed by atoms with van der Waals surface area (Å²) in [4.78, 5) is 31.8. The third-order valence-corrected chi connectivity index (χ3v) is 4.09. The molecule has 2 N–H and O–H groups in total. The van der Waals surface area contributed by atoms with Gasteiger partial charge in [-0.25, -0.2) is 9.78 Å². The van der Waals surface area contributed by atoms with Crippen molar-refractivity contribution in [1.29, 1.82) is 0 Å². The van der Waals surface area contributed by atoms with E-state index in [1.807, 2.05) is 20.8 Å². The van der Waals surface area contributed by atoms with Gasteiger partial charge in [0.1, 0.15) is 5.60 Å². The van der Waals surface area contributed by atoms with E-state index < -0.39 is 10.5 Å². The molecule has 1 aliphatic rings. The molecule has 1 aromatic carbocycles. The molecule has 0 aliphatic carbocycles. The van der Waals surface area contributed by atoms with Crippen molar-refractivity contribution < 1.29 is 14.5 Å². The molecule has 3 rings (SSSR count). The quantitative estimate of drug-likeness (QED) is 0.640. The Labute approximate surface area is 150 Å². The fourth-order valence-electron chi connectivity index (χ4n) is 2.96. The molecule has 9 nitrogen and oxygen atoms in total. The van der Waals surface area contributed by atoms with Gasteiger partial charge in [-0.3, -0.25) is 10.1 Å². The van der Waals surface area contributed by atoms with Crippen molar-refractivity contribution in [2.75, 3.05) is 18.4 Å². The highest BCUT2D eigenvalue weighted by molar-refractivity contribution is 5.80. The summed E-state index contributed by atoms with van der Waals surface area (Å²) in [6.07, 6.45) is 1.45. The maximum absolute atomic E-state index is 12.2. The summed E-state index contributed by atoms with van der Waals surface area (Å²) in [6, 6.07) is 4.54. The molecule has 2 aromatic rings. The minimum atomic E-state index is -0.523. The van der Waals surface area contributed by atoms with E-state index in [4.69, 9.17) is 4.74 Å². The van der Waals surface area contributed by atoms with Gasteiger partial charge in [-0.05, 0) is 39.7 Å². The number of nitro groups is 1. The average molecular weight is 361 g/mol. The second-order valence-electron chi connectivity index (χ2n) is 7.45. The van der Waals surface area contributed by atoms with E-state index in [1.54, 1.807) is 11.0 Å². The summed E-state index contributed by atoms with van der Waals surface area (Å²) in [5, 5.41) is 14.2. The number of aromatic nitrogens is 2. The Morgan fingerprint density at radius 1 is 1.46 bits per heavy atom. The summed E-state index contributed by atoms with van der Waals surface area (Å²) in [6.45, 7) is 6.72. The molecule has 1 atom stereocenters. The van der Waals surface area contributed by atoms with Gasteiger partial charge in [0, 0.05) is 31.3 Å². The predicted octanol–water partition coefficient (Wildman–Crippen LogP) is 3.28. The van der Waals surface area contributed by atoms with Crippen LogP contribution < -0.4 is 5.32 Å². The van der Waals surface area contributed by atoms with Gasteiger partial charge in [0.25, 0.3) is 5.69 Å². The van der Waals surface area contributed by atoms with E-state index in [-0.39, 0.29) is 17.8 Å². The number of amides is 1. The van der Waals surface area contributed by atoms with Gasteiger partial charge in [0.2, 0.25) is 5.95 Å². The Morgan fingerprint density at radius 2 is 2.23 bits per heavy atom. The SMILES string of the molecule is CC(C)(C)OC(=O)N1CCC[C@H](Nc2nc3ccc([N+](=O)[O-])cc3[nH]2)C1. The normalized spacial score (nSPS) is 18.0. The maximum atomic E-state index is 12.2.